The molecule has 2 aromatic heterocycles. The molecule has 1 amide bonds. The number of hydrogen-bond donors (Lipinski definition) is 0. The Labute approximate surface area is 145 Å². The van der Waals surface area contributed by atoms with Gasteiger partial charge in [0.05, 0.1) is 6.54 Å². The standard InChI is InChI=1S/C21H16N2O2/c24-21(19-14-17-10-4-5-11-18(17)25-19)23(20-12-6-7-13-22-20)15-16-8-2-1-3-9-16/h1-14H,15H2. The van der Waals surface area contributed by atoms with Crippen molar-refractivity contribution in [2.24, 2.45) is 0 Å². The Morgan fingerprint density at radius 1 is 0.920 bits per heavy atom. The Kier molecular flexibility index (Phi) is 4.01. The number of anilines is 1. The van der Waals surface area contributed by atoms with Crippen molar-refractivity contribution in [1.82, 2.24) is 4.98 Å². The maximum Gasteiger partial charge on any atom is 0.295 e. The highest BCUT2D eigenvalue weighted by Gasteiger charge is 2.22. The third kappa shape index (κ3) is 3.15. The number of amides is 1. The first-order chi connectivity index (χ1) is 12.3. The van der Waals surface area contributed by atoms with Gasteiger partial charge < -0.3 is 4.42 Å². The van der Waals surface area contributed by atoms with Gasteiger partial charge in [-0.1, -0.05) is 54.6 Å². The number of aromatic nitrogens is 1. The quantitative estimate of drug-likeness (QED) is 0.547. The minimum absolute atomic E-state index is 0.209. The highest BCUT2D eigenvalue weighted by molar-refractivity contribution is 6.05. The molecule has 0 radical (unpaired) electrons. The Bertz CT molecular complexity index is 961. The first-order valence-corrected chi connectivity index (χ1v) is 8.07. The molecule has 4 nitrogen and oxygen atoms in total. The van der Waals surface area contributed by atoms with Crippen LogP contribution in [0.3, 0.4) is 0 Å². The molecule has 0 unspecified atom stereocenters. The molecule has 0 fully saturated rings. The van der Waals surface area contributed by atoms with Gasteiger partial charge in [0.2, 0.25) is 0 Å². The van der Waals surface area contributed by atoms with Crippen LogP contribution in [0.4, 0.5) is 5.82 Å². The average Bonchev–Trinajstić information content (AvgIpc) is 3.11. The molecule has 2 aromatic carbocycles. The van der Waals surface area contributed by atoms with E-state index in [0.29, 0.717) is 23.7 Å². The predicted molar refractivity (Wildman–Crippen MR) is 97.4 cm³/mol. The number of carbonyl (C=O) groups excluding carboxylic acids is 1. The van der Waals surface area contributed by atoms with Crippen LogP contribution >= 0.6 is 0 Å². The van der Waals surface area contributed by atoms with E-state index in [9.17, 15) is 4.79 Å². The summed E-state index contributed by atoms with van der Waals surface area (Å²) >= 11 is 0. The topological polar surface area (TPSA) is 46.3 Å². The van der Waals surface area contributed by atoms with E-state index in [0.717, 1.165) is 10.9 Å². The molecule has 0 saturated carbocycles. The lowest BCUT2D eigenvalue weighted by molar-refractivity contribution is 0.0959. The molecule has 25 heavy (non-hydrogen) atoms. The maximum absolute atomic E-state index is 13.1. The molecule has 0 bridgehead atoms. The van der Waals surface area contributed by atoms with E-state index in [4.69, 9.17) is 4.42 Å². The van der Waals surface area contributed by atoms with E-state index in [-0.39, 0.29) is 5.91 Å². The van der Waals surface area contributed by atoms with Gasteiger partial charge >= 0.3 is 0 Å². The van der Waals surface area contributed by atoms with Gasteiger partial charge in [0, 0.05) is 11.6 Å². The Hall–Kier alpha value is -3.40. The fourth-order valence-electron chi connectivity index (χ4n) is 2.76. The highest BCUT2D eigenvalue weighted by Crippen LogP contribution is 2.23. The minimum Gasteiger partial charge on any atom is -0.451 e. The van der Waals surface area contributed by atoms with Crippen LogP contribution in [0.1, 0.15) is 16.1 Å². The summed E-state index contributed by atoms with van der Waals surface area (Å²) in [5, 5.41) is 0.909. The minimum atomic E-state index is -0.209. The van der Waals surface area contributed by atoms with Crippen molar-refractivity contribution in [3.63, 3.8) is 0 Å². The fourth-order valence-corrected chi connectivity index (χ4v) is 2.76. The number of nitrogens with zero attached hydrogens (tertiary/aromatic N) is 2. The van der Waals surface area contributed by atoms with E-state index in [2.05, 4.69) is 4.98 Å². The highest BCUT2D eigenvalue weighted by atomic mass is 16.3. The molecule has 2 heterocycles. The summed E-state index contributed by atoms with van der Waals surface area (Å²) < 4.78 is 5.75. The van der Waals surface area contributed by atoms with Gasteiger partial charge in [0.1, 0.15) is 11.4 Å². The molecule has 4 rings (SSSR count). The number of para-hydroxylation sites is 1. The van der Waals surface area contributed by atoms with Gasteiger partial charge in [-0.15, -0.1) is 0 Å². The summed E-state index contributed by atoms with van der Waals surface area (Å²) in [7, 11) is 0. The average molecular weight is 328 g/mol. The largest absolute Gasteiger partial charge is 0.451 e. The van der Waals surface area contributed by atoms with Gasteiger partial charge in [-0.05, 0) is 29.8 Å². The summed E-state index contributed by atoms with van der Waals surface area (Å²) in [6.07, 6.45) is 1.68. The van der Waals surface area contributed by atoms with Gasteiger partial charge in [0.15, 0.2) is 5.76 Å². The van der Waals surface area contributed by atoms with Gasteiger partial charge in [-0.2, -0.15) is 0 Å². The Balaban J connectivity index is 1.72. The van der Waals surface area contributed by atoms with Crippen LogP contribution < -0.4 is 4.90 Å². The van der Waals surface area contributed by atoms with E-state index < -0.39 is 0 Å². The monoisotopic (exact) mass is 328 g/mol. The van der Waals surface area contributed by atoms with Crippen LogP contribution in [0.5, 0.6) is 0 Å². The van der Waals surface area contributed by atoms with Crippen LogP contribution in [0.2, 0.25) is 0 Å². The van der Waals surface area contributed by atoms with Crippen molar-refractivity contribution < 1.29 is 9.21 Å². The third-order valence-corrected chi connectivity index (χ3v) is 3.99. The van der Waals surface area contributed by atoms with Crippen molar-refractivity contribution >= 4 is 22.7 Å². The molecule has 0 aliphatic carbocycles. The van der Waals surface area contributed by atoms with Gasteiger partial charge in [0.25, 0.3) is 5.91 Å². The Morgan fingerprint density at radius 3 is 2.44 bits per heavy atom. The first-order valence-electron chi connectivity index (χ1n) is 8.07. The molecule has 0 spiro atoms. The second-order valence-corrected chi connectivity index (χ2v) is 5.71. The lowest BCUT2D eigenvalue weighted by Gasteiger charge is -2.20. The van der Waals surface area contributed by atoms with Crippen molar-refractivity contribution in [3.05, 3.63) is 96.4 Å². The summed E-state index contributed by atoms with van der Waals surface area (Å²) in [6, 6.07) is 24.7. The Morgan fingerprint density at radius 2 is 1.68 bits per heavy atom. The first kappa shape index (κ1) is 15.1. The van der Waals surface area contributed by atoms with Crippen LogP contribution in [0.15, 0.2) is 89.5 Å². The maximum atomic E-state index is 13.1. The van der Waals surface area contributed by atoms with Crippen LogP contribution in [-0.4, -0.2) is 10.9 Å². The summed E-state index contributed by atoms with van der Waals surface area (Å²) in [4.78, 5) is 19.1. The van der Waals surface area contributed by atoms with E-state index >= 15 is 0 Å². The number of furan rings is 1. The molecule has 0 aliphatic rings. The number of fused-ring (bicyclic) bond motifs is 1. The SMILES string of the molecule is O=C(c1cc2ccccc2o1)N(Cc1ccccc1)c1ccccn1. The fraction of sp³-hybridized carbons (Fsp3) is 0.0476. The lowest BCUT2D eigenvalue weighted by atomic mass is 10.2. The molecular formula is C21H16N2O2. The predicted octanol–water partition coefficient (Wildman–Crippen LogP) is 4.67. The molecular weight excluding hydrogens is 312 g/mol. The number of carbonyl (C=O) groups is 1. The normalized spacial score (nSPS) is 10.7. The van der Waals surface area contributed by atoms with Gasteiger partial charge in [-0.25, -0.2) is 4.98 Å². The van der Waals surface area contributed by atoms with Crippen LogP contribution in [-0.2, 0) is 6.54 Å². The van der Waals surface area contributed by atoms with Gasteiger partial charge in [-0.3, -0.25) is 9.69 Å². The smallest absolute Gasteiger partial charge is 0.295 e. The summed E-state index contributed by atoms with van der Waals surface area (Å²) in [5.74, 6) is 0.693. The molecule has 0 atom stereocenters. The van der Waals surface area contributed by atoms with E-state index in [1.165, 1.54) is 0 Å². The summed E-state index contributed by atoms with van der Waals surface area (Å²) in [6.45, 7) is 0.424. The number of rotatable bonds is 4. The van der Waals surface area contributed by atoms with E-state index in [1.807, 2.05) is 72.8 Å². The van der Waals surface area contributed by atoms with Crippen molar-refractivity contribution in [2.75, 3.05) is 4.90 Å². The second kappa shape index (κ2) is 6.61. The summed E-state index contributed by atoms with van der Waals surface area (Å²) in [5.41, 5.74) is 1.73. The number of hydrogen-bond acceptors (Lipinski definition) is 3. The third-order valence-electron chi connectivity index (χ3n) is 3.99. The lowest BCUT2D eigenvalue weighted by Crippen LogP contribution is -2.30. The van der Waals surface area contributed by atoms with Crippen molar-refractivity contribution in [1.29, 1.82) is 0 Å². The van der Waals surface area contributed by atoms with Crippen molar-refractivity contribution in [2.45, 2.75) is 6.54 Å². The number of pyridine rings is 1. The molecule has 4 aromatic rings. The zero-order valence-electron chi connectivity index (χ0n) is 13.5. The molecule has 0 saturated heterocycles. The molecule has 0 aliphatic heterocycles. The molecule has 0 N–H and O–H groups in total. The zero-order chi connectivity index (χ0) is 17.1. The van der Waals surface area contributed by atoms with Crippen molar-refractivity contribution in [3.8, 4) is 0 Å². The van der Waals surface area contributed by atoms with Crippen LogP contribution in [0.25, 0.3) is 11.0 Å². The van der Waals surface area contributed by atoms with Crippen LogP contribution in [0, 0.1) is 0 Å². The number of benzene rings is 2. The van der Waals surface area contributed by atoms with E-state index in [1.54, 1.807) is 17.2 Å². The second-order valence-electron chi connectivity index (χ2n) is 5.71. The molecule has 4 heteroatoms. The zero-order valence-corrected chi connectivity index (χ0v) is 13.5. The molecule has 122 valence electrons.